The van der Waals surface area contributed by atoms with Crippen LogP contribution in [0.1, 0.15) is 17.4 Å². The Morgan fingerprint density at radius 2 is 1.90 bits per heavy atom. The highest BCUT2D eigenvalue weighted by Crippen LogP contribution is 2.33. The van der Waals surface area contributed by atoms with Crippen LogP contribution in [0.2, 0.25) is 9.36 Å². The van der Waals surface area contributed by atoms with E-state index in [0.29, 0.717) is 10.0 Å². The number of nitrogens with one attached hydrogen (secondary N) is 1. The van der Waals surface area contributed by atoms with Crippen LogP contribution in [-0.2, 0) is 6.18 Å². The lowest BCUT2D eigenvalue weighted by atomic mass is 10.2. The molecular weight excluding hydrogens is 344 g/mol. The first-order chi connectivity index (χ1) is 9.77. The normalized spacial score (nSPS) is 12.6. The van der Waals surface area contributed by atoms with E-state index < -0.39 is 11.7 Å². The molecule has 0 spiro atoms. The van der Waals surface area contributed by atoms with Gasteiger partial charge in [-0.1, -0.05) is 23.2 Å². The van der Waals surface area contributed by atoms with Crippen molar-refractivity contribution in [1.29, 1.82) is 0 Å². The summed E-state index contributed by atoms with van der Waals surface area (Å²) in [6, 6.07) is 6.52. The molecule has 8 heteroatoms. The maximum Gasteiger partial charge on any atom is 0.416 e. The summed E-state index contributed by atoms with van der Waals surface area (Å²) < 4.78 is 38.5. The summed E-state index contributed by atoms with van der Waals surface area (Å²) in [5.41, 5.74) is 2.45. The van der Waals surface area contributed by atoms with E-state index in [1.54, 1.807) is 19.1 Å². The first kappa shape index (κ1) is 16.1. The predicted octanol–water partition coefficient (Wildman–Crippen LogP) is 5.91. The number of nitrogens with zero attached hydrogens (tertiary/aromatic N) is 1. The van der Waals surface area contributed by atoms with Gasteiger partial charge in [0.2, 0.25) is 0 Å². The van der Waals surface area contributed by atoms with Crippen molar-refractivity contribution in [3.05, 3.63) is 50.1 Å². The van der Waals surface area contributed by atoms with Crippen molar-refractivity contribution in [3.8, 4) is 0 Å². The average molecular weight is 353 g/mol. The standard InChI is InChI=1S/C13H9Cl2F3N2S/c1-7(11-4-5-12(15)21-11)19-20-10-6-8(13(16,17)18)2-3-9(10)14/h2-6,20H,1H3/b19-7-. The summed E-state index contributed by atoms with van der Waals surface area (Å²) in [4.78, 5) is 0.815. The van der Waals surface area contributed by atoms with E-state index in [1.807, 2.05) is 0 Å². The predicted molar refractivity (Wildman–Crippen MR) is 81.6 cm³/mol. The summed E-state index contributed by atoms with van der Waals surface area (Å²) in [6.07, 6.45) is -4.43. The van der Waals surface area contributed by atoms with Crippen molar-refractivity contribution in [1.82, 2.24) is 0 Å². The molecule has 112 valence electrons. The zero-order chi connectivity index (χ0) is 15.6. The molecule has 1 N–H and O–H groups in total. The number of hydrogen-bond acceptors (Lipinski definition) is 3. The molecule has 0 fully saturated rings. The van der Waals surface area contributed by atoms with Crippen LogP contribution in [0, 0.1) is 0 Å². The number of hydrazone groups is 1. The molecule has 21 heavy (non-hydrogen) atoms. The first-order valence-corrected chi connectivity index (χ1v) is 7.27. The number of anilines is 1. The molecule has 0 aliphatic heterocycles. The zero-order valence-corrected chi connectivity index (χ0v) is 13.0. The average Bonchev–Trinajstić information content (AvgIpc) is 2.83. The molecule has 2 aromatic rings. The van der Waals surface area contributed by atoms with Crippen molar-refractivity contribution in [2.24, 2.45) is 5.10 Å². The highest BCUT2D eigenvalue weighted by molar-refractivity contribution is 7.18. The molecular formula is C13H9Cl2F3N2S. The number of halogens is 5. The van der Waals surface area contributed by atoms with E-state index in [4.69, 9.17) is 23.2 Å². The Labute approximate surface area is 133 Å². The van der Waals surface area contributed by atoms with Crippen molar-refractivity contribution in [2.45, 2.75) is 13.1 Å². The quantitative estimate of drug-likeness (QED) is 0.538. The number of alkyl halides is 3. The van der Waals surface area contributed by atoms with Gasteiger partial charge in [-0.15, -0.1) is 11.3 Å². The van der Waals surface area contributed by atoms with Gasteiger partial charge in [-0.3, -0.25) is 5.43 Å². The SMILES string of the molecule is C/C(=N/Nc1cc(C(F)(F)F)ccc1Cl)c1ccc(Cl)s1. The van der Waals surface area contributed by atoms with Crippen LogP contribution in [0.5, 0.6) is 0 Å². The van der Waals surface area contributed by atoms with Crippen LogP contribution in [0.4, 0.5) is 18.9 Å². The van der Waals surface area contributed by atoms with Crippen molar-refractivity contribution in [3.63, 3.8) is 0 Å². The van der Waals surface area contributed by atoms with Gasteiger partial charge in [0.15, 0.2) is 0 Å². The molecule has 0 saturated heterocycles. The third-order valence-electron chi connectivity index (χ3n) is 2.57. The maximum atomic E-state index is 12.6. The number of benzene rings is 1. The van der Waals surface area contributed by atoms with Crippen molar-refractivity contribution >= 4 is 45.9 Å². The number of thiophene rings is 1. The van der Waals surface area contributed by atoms with Gasteiger partial charge < -0.3 is 0 Å². The summed E-state index contributed by atoms with van der Waals surface area (Å²) in [5, 5.41) is 4.18. The van der Waals surface area contributed by atoms with E-state index in [1.165, 1.54) is 17.4 Å². The van der Waals surface area contributed by atoms with Crippen LogP contribution in [0.25, 0.3) is 0 Å². The molecule has 2 nitrogen and oxygen atoms in total. The zero-order valence-electron chi connectivity index (χ0n) is 10.6. The molecule has 1 heterocycles. The van der Waals surface area contributed by atoms with Crippen molar-refractivity contribution in [2.75, 3.05) is 5.43 Å². The maximum absolute atomic E-state index is 12.6. The Morgan fingerprint density at radius 3 is 2.48 bits per heavy atom. The molecule has 0 radical (unpaired) electrons. The van der Waals surface area contributed by atoms with Gasteiger partial charge >= 0.3 is 6.18 Å². The lowest BCUT2D eigenvalue weighted by molar-refractivity contribution is -0.137. The van der Waals surface area contributed by atoms with Gasteiger partial charge in [0.05, 0.1) is 31.2 Å². The van der Waals surface area contributed by atoms with Crippen LogP contribution in [-0.4, -0.2) is 5.71 Å². The van der Waals surface area contributed by atoms with Crippen LogP contribution < -0.4 is 5.43 Å². The lowest BCUT2D eigenvalue weighted by Gasteiger charge is -2.10. The van der Waals surface area contributed by atoms with E-state index >= 15 is 0 Å². The largest absolute Gasteiger partial charge is 0.416 e. The fourth-order valence-corrected chi connectivity index (χ4v) is 2.64. The van der Waals surface area contributed by atoms with Gasteiger partial charge in [0.25, 0.3) is 0 Å². The van der Waals surface area contributed by atoms with Gasteiger partial charge in [-0.05, 0) is 37.3 Å². The molecule has 0 aliphatic rings. The topological polar surface area (TPSA) is 24.4 Å². The Bertz CT molecular complexity index is 680. The summed E-state index contributed by atoms with van der Waals surface area (Å²) in [5.74, 6) is 0. The third-order valence-corrected chi connectivity index (χ3v) is 4.24. The summed E-state index contributed by atoms with van der Waals surface area (Å²) >= 11 is 13.0. The Kier molecular flexibility index (Phi) is 4.81. The number of rotatable bonds is 3. The van der Waals surface area contributed by atoms with E-state index in [-0.39, 0.29) is 10.7 Å². The fourth-order valence-electron chi connectivity index (χ4n) is 1.50. The van der Waals surface area contributed by atoms with Gasteiger partial charge in [0.1, 0.15) is 0 Å². The molecule has 1 aromatic carbocycles. The van der Waals surface area contributed by atoms with Gasteiger partial charge in [-0.25, -0.2) is 0 Å². The van der Waals surface area contributed by atoms with Gasteiger partial charge in [0, 0.05) is 0 Å². The Hall–Kier alpha value is -1.24. The highest BCUT2D eigenvalue weighted by Gasteiger charge is 2.30. The molecule has 0 atom stereocenters. The van der Waals surface area contributed by atoms with Crippen LogP contribution in [0.15, 0.2) is 35.4 Å². The first-order valence-electron chi connectivity index (χ1n) is 5.70. The smallest absolute Gasteiger partial charge is 0.277 e. The number of hydrogen-bond donors (Lipinski definition) is 1. The van der Waals surface area contributed by atoms with E-state index in [0.717, 1.165) is 17.0 Å². The second-order valence-electron chi connectivity index (χ2n) is 4.11. The molecule has 1 aromatic heterocycles. The Balaban J connectivity index is 2.23. The summed E-state index contributed by atoms with van der Waals surface area (Å²) in [6.45, 7) is 1.72. The minimum absolute atomic E-state index is 0.0912. The van der Waals surface area contributed by atoms with Crippen molar-refractivity contribution < 1.29 is 13.2 Å². The molecule has 0 saturated carbocycles. The summed E-state index contributed by atoms with van der Waals surface area (Å²) in [7, 11) is 0. The second kappa shape index (κ2) is 6.25. The van der Waals surface area contributed by atoms with Crippen LogP contribution >= 0.6 is 34.5 Å². The molecule has 0 aliphatic carbocycles. The molecule has 2 rings (SSSR count). The molecule has 0 unspecified atom stereocenters. The van der Waals surface area contributed by atoms with Crippen LogP contribution in [0.3, 0.4) is 0 Å². The molecule has 0 amide bonds. The minimum Gasteiger partial charge on any atom is -0.277 e. The van der Waals surface area contributed by atoms with E-state index in [2.05, 4.69) is 10.5 Å². The molecule has 0 bridgehead atoms. The minimum atomic E-state index is -4.43. The third kappa shape index (κ3) is 4.12. The van der Waals surface area contributed by atoms with E-state index in [9.17, 15) is 13.2 Å². The highest BCUT2D eigenvalue weighted by atomic mass is 35.5. The fraction of sp³-hybridized carbons (Fsp3) is 0.154. The Morgan fingerprint density at radius 1 is 1.19 bits per heavy atom. The monoisotopic (exact) mass is 352 g/mol. The van der Waals surface area contributed by atoms with Gasteiger partial charge in [-0.2, -0.15) is 18.3 Å². The lowest BCUT2D eigenvalue weighted by Crippen LogP contribution is -2.06. The second-order valence-corrected chi connectivity index (χ2v) is 6.23.